The number of benzene rings is 2. The molecule has 2 fully saturated rings. The maximum Gasteiger partial charge on any atom is 0.231 e. The molecular formula is C26H35N2OS+. The SMILES string of the molecule is CSc1ccc(C[NH+]2CCC[C@H](C(=O)N3CCC(Cc4ccccc4)CC3)C2)cc1. The maximum absolute atomic E-state index is 13.2. The van der Waals surface area contributed by atoms with Crippen molar-refractivity contribution in [3.05, 3.63) is 65.7 Å². The lowest BCUT2D eigenvalue weighted by molar-refractivity contribution is -0.921. The topological polar surface area (TPSA) is 24.8 Å². The maximum atomic E-state index is 13.2. The summed E-state index contributed by atoms with van der Waals surface area (Å²) in [4.78, 5) is 18.3. The summed E-state index contributed by atoms with van der Waals surface area (Å²) in [5, 5.41) is 0. The van der Waals surface area contributed by atoms with Crippen LogP contribution in [0.5, 0.6) is 0 Å². The second-order valence-electron chi connectivity index (χ2n) is 9.03. The summed E-state index contributed by atoms with van der Waals surface area (Å²) in [5.74, 6) is 1.35. The van der Waals surface area contributed by atoms with Crippen molar-refractivity contribution in [1.82, 2.24) is 4.90 Å². The molecular weight excluding hydrogens is 388 g/mol. The van der Waals surface area contributed by atoms with Gasteiger partial charge < -0.3 is 9.80 Å². The largest absolute Gasteiger partial charge is 0.342 e. The van der Waals surface area contributed by atoms with E-state index < -0.39 is 0 Å². The van der Waals surface area contributed by atoms with Crippen molar-refractivity contribution in [2.75, 3.05) is 32.4 Å². The number of quaternary nitrogens is 1. The van der Waals surface area contributed by atoms with Gasteiger partial charge in [-0.2, -0.15) is 0 Å². The number of likely N-dealkylation sites (tertiary alicyclic amines) is 2. The van der Waals surface area contributed by atoms with Gasteiger partial charge in [-0.1, -0.05) is 42.5 Å². The number of carbonyl (C=O) groups is 1. The number of amides is 1. The molecule has 2 aliphatic heterocycles. The third-order valence-corrected chi connectivity index (χ3v) is 7.62. The van der Waals surface area contributed by atoms with E-state index in [-0.39, 0.29) is 5.92 Å². The normalized spacial score (nSPS) is 22.8. The van der Waals surface area contributed by atoms with E-state index in [1.165, 1.54) is 29.0 Å². The fourth-order valence-electron chi connectivity index (χ4n) is 5.12. The van der Waals surface area contributed by atoms with Gasteiger partial charge in [-0.25, -0.2) is 0 Å². The summed E-state index contributed by atoms with van der Waals surface area (Å²) in [7, 11) is 0. The summed E-state index contributed by atoms with van der Waals surface area (Å²) in [5.41, 5.74) is 2.82. The lowest BCUT2D eigenvalue weighted by Crippen LogP contribution is -3.12. The minimum atomic E-state index is 0.213. The minimum Gasteiger partial charge on any atom is -0.342 e. The standard InChI is InChI=1S/C26H34N2OS/c1-30-25-11-9-23(10-12-25)19-27-15-5-8-24(20-27)26(29)28-16-13-22(14-17-28)18-21-6-3-2-4-7-21/h2-4,6-7,9-12,22,24H,5,8,13-20H2,1H3/p+1/t24-/m0/s1. The van der Waals surface area contributed by atoms with Crippen LogP contribution in [0.1, 0.15) is 36.8 Å². The molecule has 3 nitrogen and oxygen atoms in total. The first-order chi connectivity index (χ1) is 14.7. The molecule has 4 rings (SSSR count). The zero-order chi connectivity index (χ0) is 20.8. The summed E-state index contributed by atoms with van der Waals surface area (Å²) < 4.78 is 0. The van der Waals surface area contributed by atoms with E-state index in [0.29, 0.717) is 11.8 Å². The number of rotatable bonds is 6. The van der Waals surface area contributed by atoms with Crippen LogP contribution >= 0.6 is 11.8 Å². The number of nitrogens with zero attached hydrogens (tertiary/aromatic N) is 1. The third kappa shape index (κ3) is 5.67. The van der Waals surface area contributed by atoms with Gasteiger partial charge in [0.15, 0.2) is 0 Å². The Morgan fingerprint density at radius 1 is 1.00 bits per heavy atom. The molecule has 2 atom stereocenters. The molecule has 30 heavy (non-hydrogen) atoms. The first-order valence-electron chi connectivity index (χ1n) is 11.5. The summed E-state index contributed by atoms with van der Waals surface area (Å²) in [6.07, 6.45) is 7.79. The molecule has 0 spiro atoms. The molecule has 4 heteroatoms. The number of hydrogen-bond donors (Lipinski definition) is 1. The zero-order valence-corrected chi connectivity index (χ0v) is 19.0. The summed E-state index contributed by atoms with van der Waals surface area (Å²) in [6.45, 7) is 5.11. The van der Waals surface area contributed by atoms with Crippen LogP contribution in [0.15, 0.2) is 59.5 Å². The summed E-state index contributed by atoms with van der Waals surface area (Å²) >= 11 is 1.79. The predicted octanol–water partition coefficient (Wildman–Crippen LogP) is 3.68. The minimum absolute atomic E-state index is 0.213. The molecule has 1 N–H and O–H groups in total. The van der Waals surface area contributed by atoms with Crippen molar-refractivity contribution < 1.29 is 9.69 Å². The van der Waals surface area contributed by atoms with Gasteiger partial charge in [0.05, 0.1) is 19.0 Å². The average molecular weight is 424 g/mol. The highest BCUT2D eigenvalue weighted by Gasteiger charge is 2.33. The molecule has 1 amide bonds. The monoisotopic (exact) mass is 423 g/mol. The molecule has 0 aliphatic carbocycles. The Balaban J connectivity index is 1.26. The van der Waals surface area contributed by atoms with E-state index in [1.807, 2.05) is 0 Å². The van der Waals surface area contributed by atoms with Crippen LogP contribution in [-0.2, 0) is 17.8 Å². The van der Waals surface area contributed by atoms with Gasteiger partial charge in [0.2, 0.25) is 5.91 Å². The smallest absolute Gasteiger partial charge is 0.231 e. The Kier molecular flexibility index (Phi) is 7.51. The Hall–Kier alpha value is -1.78. The first kappa shape index (κ1) is 21.5. The van der Waals surface area contributed by atoms with Crippen molar-refractivity contribution in [1.29, 1.82) is 0 Å². The Morgan fingerprint density at radius 2 is 1.73 bits per heavy atom. The molecule has 2 saturated heterocycles. The molecule has 2 aromatic carbocycles. The Bertz CT molecular complexity index is 800. The van der Waals surface area contributed by atoms with Gasteiger partial charge >= 0.3 is 0 Å². The van der Waals surface area contributed by atoms with Crippen molar-refractivity contribution in [3.63, 3.8) is 0 Å². The van der Waals surface area contributed by atoms with E-state index in [0.717, 1.165) is 51.9 Å². The highest BCUT2D eigenvalue weighted by Crippen LogP contribution is 2.24. The lowest BCUT2D eigenvalue weighted by atomic mass is 9.89. The second-order valence-corrected chi connectivity index (χ2v) is 9.91. The van der Waals surface area contributed by atoms with Crippen LogP contribution in [0.4, 0.5) is 0 Å². The van der Waals surface area contributed by atoms with Gasteiger partial charge in [0, 0.05) is 23.5 Å². The van der Waals surface area contributed by atoms with Crippen LogP contribution in [-0.4, -0.2) is 43.2 Å². The number of piperidine rings is 2. The quantitative estimate of drug-likeness (QED) is 0.717. The van der Waals surface area contributed by atoms with Crippen LogP contribution in [0, 0.1) is 11.8 Å². The van der Waals surface area contributed by atoms with Crippen LogP contribution in [0.25, 0.3) is 0 Å². The van der Waals surface area contributed by atoms with Crippen LogP contribution in [0.2, 0.25) is 0 Å². The number of carbonyl (C=O) groups excluding carboxylic acids is 1. The van der Waals surface area contributed by atoms with Crippen molar-refractivity contribution in [2.45, 2.75) is 43.5 Å². The molecule has 0 radical (unpaired) electrons. The molecule has 0 aromatic heterocycles. The van der Waals surface area contributed by atoms with Gasteiger partial charge in [-0.3, -0.25) is 4.79 Å². The van der Waals surface area contributed by atoms with Gasteiger partial charge in [-0.05, 0) is 62.0 Å². The lowest BCUT2D eigenvalue weighted by Gasteiger charge is -2.36. The third-order valence-electron chi connectivity index (χ3n) is 6.87. The first-order valence-corrected chi connectivity index (χ1v) is 12.7. The van der Waals surface area contributed by atoms with Gasteiger partial charge in [0.25, 0.3) is 0 Å². The zero-order valence-electron chi connectivity index (χ0n) is 18.2. The van der Waals surface area contributed by atoms with E-state index >= 15 is 0 Å². The molecule has 0 bridgehead atoms. The number of thioether (sulfide) groups is 1. The fraction of sp³-hybridized carbons (Fsp3) is 0.500. The van der Waals surface area contributed by atoms with Crippen LogP contribution in [0.3, 0.4) is 0 Å². The molecule has 0 saturated carbocycles. The van der Waals surface area contributed by atoms with E-state index in [4.69, 9.17) is 0 Å². The average Bonchev–Trinajstić information content (AvgIpc) is 2.80. The summed E-state index contributed by atoms with van der Waals surface area (Å²) in [6, 6.07) is 19.7. The van der Waals surface area contributed by atoms with E-state index in [9.17, 15) is 4.79 Å². The van der Waals surface area contributed by atoms with E-state index in [2.05, 4.69) is 65.8 Å². The van der Waals surface area contributed by atoms with Crippen LogP contribution < -0.4 is 4.90 Å². The number of nitrogens with one attached hydrogen (secondary N) is 1. The molecule has 2 aliphatic rings. The molecule has 1 unspecified atom stereocenters. The van der Waals surface area contributed by atoms with Gasteiger partial charge in [-0.15, -0.1) is 11.8 Å². The molecule has 2 aromatic rings. The highest BCUT2D eigenvalue weighted by atomic mass is 32.2. The second kappa shape index (κ2) is 10.5. The molecule has 160 valence electrons. The van der Waals surface area contributed by atoms with E-state index in [1.54, 1.807) is 16.7 Å². The van der Waals surface area contributed by atoms with Crippen molar-refractivity contribution >= 4 is 17.7 Å². The Labute approximate surface area is 185 Å². The predicted molar refractivity (Wildman–Crippen MR) is 125 cm³/mol. The van der Waals surface area contributed by atoms with Crippen molar-refractivity contribution in [3.8, 4) is 0 Å². The number of hydrogen-bond acceptors (Lipinski definition) is 2. The van der Waals surface area contributed by atoms with Gasteiger partial charge in [0.1, 0.15) is 6.54 Å². The Morgan fingerprint density at radius 3 is 2.43 bits per heavy atom. The fourth-order valence-corrected chi connectivity index (χ4v) is 5.53. The van der Waals surface area contributed by atoms with Crippen molar-refractivity contribution in [2.24, 2.45) is 11.8 Å². The molecule has 2 heterocycles. The highest BCUT2D eigenvalue weighted by molar-refractivity contribution is 7.98.